The van der Waals surface area contributed by atoms with Gasteiger partial charge in [-0.25, -0.2) is 4.98 Å². The van der Waals surface area contributed by atoms with E-state index in [-0.39, 0.29) is 11.9 Å². The Bertz CT molecular complexity index is 472. The Kier molecular flexibility index (Phi) is 5.76. The summed E-state index contributed by atoms with van der Waals surface area (Å²) in [6.45, 7) is 8.02. The van der Waals surface area contributed by atoms with E-state index in [0.29, 0.717) is 11.8 Å². The smallest absolute Gasteiger partial charge is 0.239 e. The highest BCUT2D eigenvalue weighted by Crippen LogP contribution is 2.31. The predicted molar refractivity (Wildman–Crippen MR) is 87.6 cm³/mol. The summed E-state index contributed by atoms with van der Waals surface area (Å²) < 4.78 is 0. The summed E-state index contributed by atoms with van der Waals surface area (Å²) in [6.07, 6.45) is 3.90. The Morgan fingerprint density at radius 3 is 2.95 bits per heavy atom. The van der Waals surface area contributed by atoms with E-state index in [1.165, 1.54) is 10.7 Å². The van der Waals surface area contributed by atoms with Gasteiger partial charge in [-0.2, -0.15) is 0 Å². The molecule has 2 N–H and O–H groups in total. The quantitative estimate of drug-likeness (QED) is 0.909. The number of hydrogen-bond acceptors (Lipinski definition) is 4. The van der Waals surface area contributed by atoms with E-state index in [1.54, 1.807) is 11.3 Å². The summed E-state index contributed by atoms with van der Waals surface area (Å²) in [5.74, 6) is 0.963. The van der Waals surface area contributed by atoms with Crippen LogP contribution in [0.4, 0.5) is 0 Å². The molecule has 1 fully saturated rings. The molecule has 0 bridgehead atoms. The van der Waals surface area contributed by atoms with Crippen molar-refractivity contribution in [2.24, 2.45) is 5.73 Å². The maximum Gasteiger partial charge on any atom is 0.239 e. The Labute approximate surface area is 131 Å². The van der Waals surface area contributed by atoms with Crippen LogP contribution in [-0.2, 0) is 4.79 Å². The molecule has 1 aromatic heterocycles. The van der Waals surface area contributed by atoms with Crippen LogP contribution >= 0.6 is 11.3 Å². The number of rotatable bonds is 5. The van der Waals surface area contributed by atoms with Crippen LogP contribution in [0.5, 0.6) is 0 Å². The number of aromatic nitrogens is 1. The van der Waals surface area contributed by atoms with Gasteiger partial charge in [0, 0.05) is 24.4 Å². The number of thiazole rings is 1. The van der Waals surface area contributed by atoms with Gasteiger partial charge in [0.25, 0.3) is 0 Å². The fourth-order valence-corrected chi connectivity index (χ4v) is 3.91. The van der Waals surface area contributed by atoms with Crippen LogP contribution in [0.3, 0.4) is 0 Å². The largest absolute Gasteiger partial charge is 0.341 e. The van der Waals surface area contributed by atoms with Gasteiger partial charge in [0.05, 0.1) is 16.7 Å². The molecule has 2 rings (SSSR count). The number of nitrogens with two attached hydrogens (primary N) is 1. The molecule has 0 aromatic carbocycles. The van der Waals surface area contributed by atoms with Gasteiger partial charge in [-0.1, -0.05) is 27.2 Å². The van der Waals surface area contributed by atoms with E-state index < -0.39 is 0 Å². The summed E-state index contributed by atoms with van der Waals surface area (Å²) in [5.41, 5.74) is 7.15. The molecule has 5 heteroatoms. The van der Waals surface area contributed by atoms with Gasteiger partial charge in [-0.15, -0.1) is 11.3 Å². The number of likely N-dealkylation sites (tertiary alicyclic amines) is 1. The zero-order valence-electron chi connectivity index (χ0n) is 13.3. The van der Waals surface area contributed by atoms with Gasteiger partial charge >= 0.3 is 0 Å². The molecule has 0 radical (unpaired) electrons. The van der Waals surface area contributed by atoms with Crippen LogP contribution < -0.4 is 5.73 Å². The maximum atomic E-state index is 12.4. The second-order valence-corrected chi connectivity index (χ2v) is 7.17. The third kappa shape index (κ3) is 4.04. The highest BCUT2D eigenvalue weighted by atomic mass is 32.1. The molecule has 21 heavy (non-hydrogen) atoms. The molecule has 1 saturated heterocycles. The fourth-order valence-electron chi connectivity index (χ4n) is 2.80. The number of amides is 1. The van der Waals surface area contributed by atoms with Crippen molar-refractivity contribution in [3.63, 3.8) is 0 Å². The van der Waals surface area contributed by atoms with Crippen molar-refractivity contribution in [2.45, 2.75) is 64.3 Å². The number of nitrogens with zero attached hydrogens (tertiary/aromatic N) is 2. The van der Waals surface area contributed by atoms with Crippen molar-refractivity contribution in [1.82, 2.24) is 9.88 Å². The fraction of sp³-hybridized carbons (Fsp3) is 0.750. The minimum atomic E-state index is -0.337. The molecule has 0 aliphatic carbocycles. The lowest BCUT2D eigenvalue weighted by atomic mass is 9.97. The van der Waals surface area contributed by atoms with Gasteiger partial charge in [0.15, 0.2) is 0 Å². The Morgan fingerprint density at radius 1 is 1.57 bits per heavy atom. The normalized spacial score (nSPS) is 20.8. The molecule has 1 aromatic rings. The van der Waals surface area contributed by atoms with Crippen molar-refractivity contribution < 1.29 is 4.79 Å². The molecule has 2 unspecified atom stereocenters. The minimum Gasteiger partial charge on any atom is -0.341 e. The van der Waals surface area contributed by atoms with E-state index in [9.17, 15) is 4.79 Å². The van der Waals surface area contributed by atoms with Crippen LogP contribution in [0.25, 0.3) is 0 Å². The molecule has 2 atom stereocenters. The first-order valence-electron chi connectivity index (χ1n) is 8.02. The summed E-state index contributed by atoms with van der Waals surface area (Å²) >= 11 is 1.74. The molecular formula is C16H27N3OS. The zero-order chi connectivity index (χ0) is 15.4. The van der Waals surface area contributed by atoms with Gasteiger partial charge < -0.3 is 10.6 Å². The van der Waals surface area contributed by atoms with Gasteiger partial charge in [-0.3, -0.25) is 4.79 Å². The van der Waals surface area contributed by atoms with Crippen LogP contribution in [-0.4, -0.2) is 34.9 Å². The number of hydrogen-bond donors (Lipinski definition) is 1. The van der Waals surface area contributed by atoms with Crippen molar-refractivity contribution in [3.05, 3.63) is 16.1 Å². The topological polar surface area (TPSA) is 59.2 Å². The standard InChI is InChI=1S/C16H27N3OS/c1-4-6-13(17)16(20)19-8-5-7-12(9-19)15-18-14(10-21-15)11(2)3/h10-13H,4-9,17H2,1-3H3. The minimum absolute atomic E-state index is 0.113. The highest BCUT2D eigenvalue weighted by Gasteiger charge is 2.29. The van der Waals surface area contributed by atoms with E-state index in [0.717, 1.165) is 38.8 Å². The lowest BCUT2D eigenvalue weighted by Gasteiger charge is -2.33. The first-order chi connectivity index (χ1) is 10.0. The van der Waals surface area contributed by atoms with Crippen LogP contribution in [0.15, 0.2) is 5.38 Å². The number of carbonyl (C=O) groups excluding carboxylic acids is 1. The van der Waals surface area contributed by atoms with E-state index >= 15 is 0 Å². The van der Waals surface area contributed by atoms with E-state index in [4.69, 9.17) is 10.7 Å². The van der Waals surface area contributed by atoms with Crippen molar-refractivity contribution in [1.29, 1.82) is 0 Å². The molecule has 1 aliphatic rings. The molecular weight excluding hydrogens is 282 g/mol. The number of piperidine rings is 1. The Hall–Kier alpha value is -0.940. The highest BCUT2D eigenvalue weighted by molar-refractivity contribution is 7.09. The first kappa shape index (κ1) is 16.4. The second-order valence-electron chi connectivity index (χ2n) is 6.28. The average molecular weight is 309 g/mol. The predicted octanol–water partition coefficient (Wildman–Crippen LogP) is 3.10. The van der Waals surface area contributed by atoms with Crippen LogP contribution in [0, 0.1) is 0 Å². The van der Waals surface area contributed by atoms with Crippen molar-refractivity contribution in [3.8, 4) is 0 Å². The SMILES string of the molecule is CCCC(N)C(=O)N1CCCC(c2nc(C(C)C)cs2)C1. The molecule has 1 aliphatic heterocycles. The zero-order valence-corrected chi connectivity index (χ0v) is 14.2. The third-order valence-corrected chi connectivity index (χ3v) is 5.16. The molecule has 118 valence electrons. The second kappa shape index (κ2) is 7.36. The lowest BCUT2D eigenvalue weighted by molar-refractivity contribution is -0.134. The van der Waals surface area contributed by atoms with E-state index in [1.807, 2.05) is 4.90 Å². The van der Waals surface area contributed by atoms with Crippen LogP contribution in [0.1, 0.15) is 69.0 Å². The summed E-state index contributed by atoms with van der Waals surface area (Å²) in [7, 11) is 0. The van der Waals surface area contributed by atoms with Crippen molar-refractivity contribution in [2.75, 3.05) is 13.1 Å². The monoisotopic (exact) mass is 309 g/mol. The summed E-state index contributed by atoms with van der Waals surface area (Å²) in [4.78, 5) is 19.1. The van der Waals surface area contributed by atoms with Crippen LogP contribution in [0.2, 0.25) is 0 Å². The maximum absolute atomic E-state index is 12.4. The molecule has 1 amide bonds. The average Bonchev–Trinajstić information content (AvgIpc) is 2.97. The van der Waals surface area contributed by atoms with Gasteiger partial charge in [-0.05, 0) is 25.2 Å². The molecule has 2 heterocycles. The number of carbonyl (C=O) groups is 1. The Morgan fingerprint density at radius 2 is 2.33 bits per heavy atom. The summed E-state index contributed by atoms with van der Waals surface area (Å²) in [5, 5.41) is 3.34. The van der Waals surface area contributed by atoms with Gasteiger partial charge in [0.2, 0.25) is 5.91 Å². The molecule has 4 nitrogen and oxygen atoms in total. The van der Waals surface area contributed by atoms with Gasteiger partial charge in [0.1, 0.15) is 0 Å². The molecule has 0 spiro atoms. The first-order valence-corrected chi connectivity index (χ1v) is 8.90. The molecule has 0 saturated carbocycles. The third-order valence-electron chi connectivity index (χ3n) is 4.13. The van der Waals surface area contributed by atoms with Crippen molar-refractivity contribution >= 4 is 17.2 Å². The van der Waals surface area contributed by atoms with E-state index in [2.05, 4.69) is 26.2 Å². The lowest BCUT2D eigenvalue weighted by Crippen LogP contribution is -2.47. The summed E-state index contributed by atoms with van der Waals surface area (Å²) in [6, 6.07) is -0.337. The Balaban J connectivity index is 2.01.